The lowest BCUT2D eigenvalue weighted by Crippen LogP contribution is -2.41. The van der Waals surface area contributed by atoms with Gasteiger partial charge < -0.3 is 9.31 Å². The van der Waals surface area contributed by atoms with Crippen molar-refractivity contribution in [2.45, 2.75) is 38.9 Å². The summed E-state index contributed by atoms with van der Waals surface area (Å²) in [6.45, 7) is 8.32. The molecule has 0 bridgehead atoms. The second-order valence-electron chi connectivity index (χ2n) is 32.5. The highest BCUT2D eigenvalue weighted by Crippen LogP contribution is 2.45. The first-order valence-corrected chi connectivity index (χ1v) is 44.5. The summed E-state index contributed by atoms with van der Waals surface area (Å²) in [5.74, 6) is 3.83. The van der Waals surface area contributed by atoms with E-state index in [0.29, 0.717) is 40.1 Å². The van der Waals surface area contributed by atoms with Crippen LogP contribution in [0.5, 0.6) is 0 Å². The van der Waals surface area contributed by atoms with E-state index in [-0.39, 0.29) is 11.2 Å². The molecule has 0 N–H and O–H groups in total. The van der Waals surface area contributed by atoms with Crippen LogP contribution in [0.1, 0.15) is 27.7 Å². The van der Waals surface area contributed by atoms with Gasteiger partial charge in [0.05, 0.1) is 48.4 Å². The number of pyridine rings is 4. The van der Waals surface area contributed by atoms with Crippen molar-refractivity contribution in [1.29, 1.82) is 0 Å². The van der Waals surface area contributed by atoms with E-state index in [1.54, 1.807) is 28.9 Å². The Morgan fingerprint density at radius 1 is 0.250 bits per heavy atom. The highest BCUT2D eigenvalue weighted by molar-refractivity contribution is 7.27. The molecule has 14 aromatic carbocycles. The van der Waals surface area contributed by atoms with Crippen molar-refractivity contribution in [3.8, 4) is 146 Å². The van der Waals surface area contributed by atoms with Gasteiger partial charge in [0.15, 0.2) is 34.9 Å². The van der Waals surface area contributed by atoms with Gasteiger partial charge in [0, 0.05) is 82.3 Å². The number of aromatic nitrogens is 10. The van der Waals surface area contributed by atoms with Gasteiger partial charge in [0.25, 0.3) is 0 Å². The molecule has 9 heterocycles. The zero-order valence-electron chi connectivity index (χ0n) is 70.2. The van der Waals surface area contributed by atoms with Crippen molar-refractivity contribution in [3.63, 3.8) is 0 Å². The number of rotatable bonds is 14. The fourth-order valence-corrected chi connectivity index (χ4v) is 19.0. The summed E-state index contributed by atoms with van der Waals surface area (Å²) in [4.78, 5) is 48.5. The van der Waals surface area contributed by atoms with Gasteiger partial charge in [-0.05, 0) is 142 Å². The minimum Gasteiger partial charge on any atom is -0.399 e. The molecule has 1 fully saturated rings. The average Bonchev–Trinajstić information content (AvgIpc) is 1.60. The average molecular weight is 1710 g/mol. The molecule has 0 radical (unpaired) electrons. The van der Waals surface area contributed by atoms with Crippen molar-refractivity contribution >= 4 is 109 Å². The smallest absolute Gasteiger partial charge is 0.399 e. The third-order valence-electron chi connectivity index (χ3n) is 23.9. The molecule has 16 heteroatoms. The van der Waals surface area contributed by atoms with E-state index in [2.05, 4.69) is 323 Å². The molecule has 0 aliphatic carbocycles. The highest BCUT2D eigenvalue weighted by Gasteiger charge is 2.52. The quantitative estimate of drug-likeness (QED) is 0.0754. The van der Waals surface area contributed by atoms with Crippen LogP contribution in [0.4, 0.5) is 0 Å². The lowest BCUT2D eigenvalue weighted by molar-refractivity contribution is 0.00578. The summed E-state index contributed by atoms with van der Waals surface area (Å²) in [6.07, 6.45) is 3.65. The van der Waals surface area contributed by atoms with Crippen LogP contribution in [0.15, 0.2) is 401 Å². The number of halogens is 1. The van der Waals surface area contributed by atoms with Crippen LogP contribution in [0, 0.1) is 0 Å². The standard InChI is InChI=1S/C53H33N5S.C45H38BN3O2.C14H7ClN2S/c1-3-11-34(12-4-1)35-24-28-40(29-25-35)52-56-51(39-13-5-2-6-14-39)57-53(58-52)41-30-26-37(27-31-41)36-20-22-38(23-21-36)42-15-9-16-43(33-42)48-50-47(44-17-7-8-19-46(44)59-50)49-45(55-48)18-10-32-54-49;1-44(2)45(3,4)51-46(50-44)40-17-11-16-39(30-40)35-20-18-33(19-21-35)34-24-28-38(29-25-34)43-48-41(36-14-9-6-10-15-36)47-42(49-43)37-26-22-32(23-27-37)31-12-7-5-8-13-31;15-14-13-11(8-4-1-2-6-10(8)18-13)12-9(17-14)5-3-7-16-12/h1-33H;5-30H,1-4H3;1-7H. The zero-order chi connectivity index (χ0) is 86.2. The maximum absolute atomic E-state index is 6.30. The largest absolute Gasteiger partial charge is 0.494 e. The Bertz CT molecular complexity index is 7840. The maximum Gasteiger partial charge on any atom is 0.494 e. The lowest BCUT2D eigenvalue weighted by Gasteiger charge is -2.32. The van der Waals surface area contributed by atoms with Crippen LogP contribution in [-0.2, 0) is 9.31 Å². The molecule has 0 saturated carbocycles. The van der Waals surface area contributed by atoms with Crippen LogP contribution in [-0.4, -0.2) is 68.2 Å². The second kappa shape index (κ2) is 34.5. The number of benzene rings is 14. The van der Waals surface area contributed by atoms with Gasteiger partial charge >= 0.3 is 7.12 Å². The topological polar surface area (TPSA) is 147 Å². The predicted octanol–water partition coefficient (Wildman–Crippen LogP) is 28.7. The highest BCUT2D eigenvalue weighted by atomic mass is 35.5. The van der Waals surface area contributed by atoms with Crippen LogP contribution >= 0.6 is 34.3 Å². The molecule has 8 aromatic heterocycles. The second-order valence-corrected chi connectivity index (χ2v) is 35.0. The maximum atomic E-state index is 6.30. The summed E-state index contributed by atoms with van der Waals surface area (Å²) in [7, 11) is -0.392. The van der Waals surface area contributed by atoms with Crippen LogP contribution in [0.3, 0.4) is 0 Å². The Morgan fingerprint density at radius 2 is 0.531 bits per heavy atom. The molecule has 22 aromatic rings. The van der Waals surface area contributed by atoms with E-state index in [1.807, 2.05) is 109 Å². The Hall–Kier alpha value is -15.1. The number of thiophene rings is 2. The van der Waals surface area contributed by atoms with E-state index in [9.17, 15) is 0 Å². The molecule has 12 nitrogen and oxygen atoms in total. The number of hydrogen-bond acceptors (Lipinski definition) is 14. The summed E-state index contributed by atoms with van der Waals surface area (Å²) in [5.41, 5.74) is 25.3. The van der Waals surface area contributed by atoms with Crippen molar-refractivity contribution in [2.75, 3.05) is 0 Å². The molecular weight excluding hydrogens is 1630 g/mol. The van der Waals surface area contributed by atoms with Crippen LogP contribution in [0.2, 0.25) is 5.15 Å². The molecule has 0 amide bonds. The minimum absolute atomic E-state index is 0.379. The Kier molecular flexibility index (Phi) is 21.6. The minimum atomic E-state index is -0.392. The van der Waals surface area contributed by atoms with Gasteiger partial charge in [-0.2, -0.15) is 0 Å². The van der Waals surface area contributed by atoms with E-state index >= 15 is 0 Å². The van der Waals surface area contributed by atoms with Crippen molar-refractivity contribution in [3.05, 3.63) is 406 Å². The molecule has 610 valence electrons. The fraction of sp³-hybridized carbons (Fsp3) is 0.0536. The summed E-state index contributed by atoms with van der Waals surface area (Å²) < 4.78 is 17.2. The number of hydrogen-bond donors (Lipinski definition) is 0. The predicted molar refractivity (Wildman–Crippen MR) is 529 cm³/mol. The van der Waals surface area contributed by atoms with E-state index in [1.165, 1.54) is 36.7 Å². The summed E-state index contributed by atoms with van der Waals surface area (Å²) in [6, 6.07) is 134. The number of nitrogens with zero attached hydrogens (tertiary/aromatic N) is 10. The van der Waals surface area contributed by atoms with Gasteiger partial charge in [-0.25, -0.2) is 39.9 Å². The van der Waals surface area contributed by atoms with Crippen molar-refractivity contribution in [2.24, 2.45) is 0 Å². The van der Waals surface area contributed by atoms with E-state index in [4.69, 9.17) is 60.8 Å². The molecule has 0 unspecified atom stereocenters. The molecule has 0 atom stereocenters. The first kappa shape index (κ1) is 80.1. The molecule has 23 rings (SSSR count). The van der Waals surface area contributed by atoms with E-state index in [0.717, 1.165) is 143 Å². The van der Waals surface area contributed by atoms with Gasteiger partial charge in [0.2, 0.25) is 0 Å². The molecule has 1 saturated heterocycles. The first-order valence-electron chi connectivity index (χ1n) is 42.5. The normalized spacial score (nSPS) is 12.8. The number of fused-ring (bicyclic) bond motifs is 10. The first-order chi connectivity index (χ1) is 62.8. The molecule has 1 aliphatic heterocycles. The monoisotopic (exact) mass is 1700 g/mol. The zero-order valence-corrected chi connectivity index (χ0v) is 72.6. The molecule has 1 aliphatic rings. The third-order valence-corrected chi connectivity index (χ3v) is 26.6. The van der Waals surface area contributed by atoms with Crippen LogP contribution in [0.25, 0.3) is 209 Å². The molecular formula is C112H78BClN10O2S2. The van der Waals surface area contributed by atoms with Crippen molar-refractivity contribution in [1.82, 2.24) is 49.8 Å². The van der Waals surface area contributed by atoms with Gasteiger partial charge in [-0.1, -0.05) is 357 Å². The van der Waals surface area contributed by atoms with Gasteiger partial charge in [-0.15, -0.1) is 22.7 Å². The molecule has 0 spiro atoms. The Balaban J connectivity index is 0.000000131. The van der Waals surface area contributed by atoms with Crippen molar-refractivity contribution < 1.29 is 9.31 Å². The van der Waals surface area contributed by atoms with E-state index < -0.39 is 7.12 Å². The Labute approximate surface area is 753 Å². The SMILES string of the molecule is CC1(C)OB(c2cccc(-c3ccc(-c4ccc(-c5nc(-c6ccccc6)nc(-c6ccc(-c7ccccc7)cc6)n5)cc4)cc3)c2)OC1(C)C.Clc1nc2cccnc2c2c1sc1ccccc12.c1ccc(-c2ccc(-c3nc(-c4ccccc4)nc(-c4ccc(-c5ccc(-c6cccc(-c7nc8cccnc8c8c7sc7ccccc78)c6)cc5)cc4)n3)cc2)cc1. The molecule has 128 heavy (non-hydrogen) atoms. The Morgan fingerprint density at radius 3 is 0.922 bits per heavy atom. The third kappa shape index (κ3) is 16.2. The lowest BCUT2D eigenvalue weighted by atomic mass is 9.78. The van der Waals surface area contributed by atoms with Gasteiger partial charge in [-0.3, -0.25) is 9.97 Å². The van der Waals surface area contributed by atoms with Gasteiger partial charge in [0.1, 0.15) is 5.15 Å². The fourth-order valence-electron chi connectivity index (χ4n) is 16.4. The summed E-state index contributed by atoms with van der Waals surface area (Å²) >= 11 is 9.73. The summed E-state index contributed by atoms with van der Waals surface area (Å²) in [5, 5.41) is 5.27. The van der Waals surface area contributed by atoms with Crippen LogP contribution < -0.4 is 5.46 Å².